The molecule has 102 valence electrons. The molecule has 0 aliphatic carbocycles. The Morgan fingerprint density at radius 3 is 2.80 bits per heavy atom. The number of halogens is 3. The Labute approximate surface area is 129 Å². The van der Waals surface area contributed by atoms with Gasteiger partial charge in [0, 0.05) is 0 Å². The van der Waals surface area contributed by atoms with Crippen LogP contribution in [0.2, 0.25) is 0 Å². The van der Waals surface area contributed by atoms with Crippen LogP contribution in [0.25, 0.3) is 16.7 Å². The van der Waals surface area contributed by atoms with Crippen molar-refractivity contribution in [1.29, 1.82) is 0 Å². The molecule has 3 rings (SSSR count). The Balaban J connectivity index is 2.34. The summed E-state index contributed by atoms with van der Waals surface area (Å²) in [7, 11) is 0. The lowest BCUT2D eigenvalue weighted by atomic mass is 10.2. The maximum absolute atomic E-state index is 13.8. The van der Waals surface area contributed by atoms with E-state index in [2.05, 4.69) is 20.9 Å². The van der Waals surface area contributed by atoms with Gasteiger partial charge in [0.1, 0.15) is 11.6 Å². The highest BCUT2D eigenvalue weighted by atomic mass is 79.9. The molecule has 0 unspecified atom stereocenters. The van der Waals surface area contributed by atoms with Crippen LogP contribution >= 0.6 is 27.5 Å². The Hall–Kier alpha value is -1.39. The number of benzene rings is 2. The third kappa shape index (κ3) is 2.13. The van der Waals surface area contributed by atoms with Gasteiger partial charge in [0.05, 0.1) is 27.1 Å². The molecule has 0 bridgehead atoms. The van der Waals surface area contributed by atoms with E-state index in [0.717, 1.165) is 22.3 Å². The van der Waals surface area contributed by atoms with Crippen LogP contribution in [-0.2, 0) is 5.88 Å². The summed E-state index contributed by atoms with van der Waals surface area (Å²) in [6.45, 7) is 2.00. The van der Waals surface area contributed by atoms with Gasteiger partial charge in [0.15, 0.2) is 0 Å². The average molecular weight is 354 g/mol. The highest BCUT2D eigenvalue weighted by Gasteiger charge is 2.14. The van der Waals surface area contributed by atoms with E-state index >= 15 is 0 Å². The van der Waals surface area contributed by atoms with Crippen molar-refractivity contribution in [3.63, 3.8) is 0 Å². The molecule has 1 aromatic heterocycles. The molecule has 0 saturated heterocycles. The fourth-order valence-corrected chi connectivity index (χ4v) is 2.72. The Bertz CT molecular complexity index is 798. The maximum Gasteiger partial charge on any atom is 0.139 e. The summed E-state index contributed by atoms with van der Waals surface area (Å²) >= 11 is 9.15. The molecule has 0 amide bonds. The zero-order valence-electron chi connectivity index (χ0n) is 10.7. The van der Waals surface area contributed by atoms with Crippen molar-refractivity contribution in [2.24, 2.45) is 0 Å². The second-order valence-corrected chi connectivity index (χ2v) is 5.66. The molecule has 1 heterocycles. The first-order chi connectivity index (χ1) is 9.61. The number of alkyl halides is 1. The van der Waals surface area contributed by atoms with E-state index in [1.807, 2.05) is 35.8 Å². The largest absolute Gasteiger partial charge is 0.295 e. The van der Waals surface area contributed by atoms with E-state index in [1.165, 1.54) is 6.07 Å². The van der Waals surface area contributed by atoms with Crippen molar-refractivity contribution in [3.8, 4) is 5.69 Å². The van der Waals surface area contributed by atoms with Crippen LogP contribution in [-0.4, -0.2) is 9.55 Å². The van der Waals surface area contributed by atoms with Crippen LogP contribution in [0.3, 0.4) is 0 Å². The van der Waals surface area contributed by atoms with Crippen molar-refractivity contribution in [2.45, 2.75) is 12.8 Å². The highest BCUT2D eigenvalue weighted by molar-refractivity contribution is 9.10. The van der Waals surface area contributed by atoms with Gasteiger partial charge >= 0.3 is 0 Å². The molecule has 2 aromatic carbocycles. The van der Waals surface area contributed by atoms with Gasteiger partial charge in [-0.1, -0.05) is 12.1 Å². The fourth-order valence-electron chi connectivity index (χ4n) is 2.29. The monoisotopic (exact) mass is 352 g/mol. The van der Waals surface area contributed by atoms with E-state index in [4.69, 9.17) is 11.6 Å². The van der Waals surface area contributed by atoms with Crippen LogP contribution in [0, 0.1) is 12.7 Å². The number of hydrogen-bond acceptors (Lipinski definition) is 1. The first-order valence-corrected chi connectivity index (χ1v) is 7.43. The molecule has 20 heavy (non-hydrogen) atoms. The number of imidazole rings is 1. The van der Waals surface area contributed by atoms with Gasteiger partial charge in [0.2, 0.25) is 0 Å². The zero-order valence-corrected chi connectivity index (χ0v) is 13.0. The topological polar surface area (TPSA) is 17.8 Å². The standard InChI is InChI=1S/C15H11BrClFN2/c1-9-3-2-4-13-15(9)19-14(8-17)20(13)10-5-6-11(16)12(18)7-10/h2-7H,8H2,1H3. The Kier molecular flexibility index (Phi) is 3.52. The van der Waals surface area contributed by atoms with Gasteiger partial charge < -0.3 is 0 Å². The third-order valence-electron chi connectivity index (χ3n) is 3.24. The summed E-state index contributed by atoms with van der Waals surface area (Å²) in [4.78, 5) is 4.56. The first-order valence-electron chi connectivity index (χ1n) is 6.10. The maximum atomic E-state index is 13.8. The molecule has 0 atom stereocenters. The fraction of sp³-hybridized carbons (Fsp3) is 0.133. The molecule has 2 nitrogen and oxygen atoms in total. The van der Waals surface area contributed by atoms with E-state index in [-0.39, 0.29) is 11.7 Å². The number of hydrogen-bond donors (Lipinski definition) is 0. The second-order valence-electron chi connectivity index (χ2n) is 4.54. The Morgan fingerprint density at radius 1 is 1.30 bits per heavy atom. The predicted molar refractivity (Wildman–Crippen MR) is 83.0 cm³/mol. The van der Waals surface area contributed by atoms with E-state index < -0.39 is 0 Å². The highest BCUT2D eigenvalue weighted by Crippen LogP contribution is 2.26. The first kappa shape index (κ1) is 13.6. The van der Waals surface area contributed by atoms with Crippen molar-refractivity contribution in [2.75, 3.05) is 0 Å². The van der Waals surface area contributed by atoms with Crippen LogP contribution in [0.5, 0.6) is 0 Å². The van der Waals surface area contributed by atoms with Crippen LogP contribution in [0.1, 0.15) is 11.4 Å². The molecule has 0 aliphatic heterocycles. The molecule has 0 aliphatic rings. The number of rotatable bonds is 2. The van der Waals surface area contributed by atoms with Gasteiger partial charge in [0.25, 0.3) is 0 Å². The average Bonchev–Trinajstić information content (AvgIpc) is 2.82. The quantitative estimate of drug-likeness (QED) is 0.594. The van der Waals surface area contributed by atoms with Crippen LogP contribution in [0.4, 0.5) is 4.39 Å². The molecular weight excluding hydrogens is 343 g/mol. The van der Waals surface area contributed by atoms with Crippen molar-refractivity contribution in [1.82, 2.24) is 9.55 Å². The van der Waals surface area contributed by atoms with Gasteiger partial charge in [-0.2, -0.15) is 0 Å². The van der Waals surface area contributed by atoms with Crippen molar-refractivity contribution >= 4 is 38.6 Å². The summed E-state index contributed by atoms with van der Waals surface area (Å²) in [6.07, 6.45) is 0. The van der Waals surface area contributed by atoms with Gasteiger partial charge in [-0.3, -0.25) is 4.57 Å². The summed E-state index contributed by atoms with van der Waals surface area (Å²) in [5, 5.41) is 0. The normalized spacial score (nSPS) is 11.2. The van der Waals surface area contributed by atoms with Crippen LogP contribution < -0.4 is 0 Å². The minimum Gasteiger partial charge on any atom is -0.295 e. The number of nitrogens with zero attached hydrogens (tertiary/aromatic N) is 2. The molecule has 0 N–H and O–H groups in total. The second kappa shape index (κ2) is 5.19. The number of aromatic nitrogens is 2. The molecule has 0 radical (unpaired) electrons. The van der Waals surface area contributed by atoms with Crippen LogP contribution in [0.15, 0.2) is 40.9 Å². The minimum absolute atomic E-state index is 0.270. The lowest BCUT2D eigenvalue weighted by Crippen LogP contribution is -2.00. The number of fused-ring (bicyclic) bond motifs is 1. The summed E-state index contributed by atoms with van der Waals surface area (Å²) in [5.74, 6) is 0.668. The smallest absolute Gasteiger partial charge is 0.139 e. The Morgan fingerprint density at radius 2 is 2.10 bits per heavy atom. The van der Waals surface area contributed by atoms with E-state index in [9.17, 15) is 4.39 Å². The zero-order chi connectivity index (χ0) is 14.3. The lowest BCUT2D eigenvalue weighted by Gasteiger charge is -2.08. The molecular formula is C15H11BrClFN2. The van der Waals surface area contributed by atoms with Crippen molar-refractivity contribution < 1.29 is 4.39 Å². The summed E-state index contributed by atoms with van der Waals surface area (Å²) in [6, 6.07) is 10.9. The molecule has 3 aromatic rings. The van der Waals surface area contributed by atoms with Gasteiger partial charge in [-0.25, -0.2) is 9.37 Å². The molecule has 0 saturated carbocycles. The van der Waals surface area contributed by atoms with E-state index in [0.29, 0.717) is 10.3 Å². The summed E-state index contributed by atoms with van der Waals surface area (Å²) in [5.41, 5.74) is 3.62. The van der Waals surface area contributed by atoms with Gasteiger partial charge in [-0.05, 0) is 52.7 Å². The minimum atomic E-state index is -0.308. The predicted octanol–water partition coefficient (Wildman–Crippen LogP) is 4.97. The molecule has 0 fully saturated rings. The number of para-hydroxylation sites is 1. The molecule has 0 spiro atoms. The summed E-state index contributed by atoms with van der Waals surface area (Å²) < 4.78 is 16.1. The third-order valence-corrected chi connectivity index (χ3v) is 4.12. The van der Waals surface area contributed by atoms with E-state index in [1.54, 1.807) is 6.07 Å². The van der Waals surface area contributed by atoms with Gasteiger partial charge in [-0.15, -0.1) is 11.6 Å². The number of aryl methyl sites for hydroxylation is 1. The lowest BCUT2D eigenvalue weighted by molar-refractivity contribution is 0.620. The van der Waals surface area contributed by atoms with Crippen molar-refractivity contribution in [3.05, 3.63) is 58.1 Å². The molecule has 5 heteroatoms. The SMILES string of the molecule is Cc1cccc2c1nc(CCl)n2-c1ccc(Br)c(F)c1.